The zero-order valence-electron chi connectivity index (χ0n) is 10.6. The van der Waals surface area contributed by atoms with Crippen molar-refractivity contribution < 1.29 is 0 Å². The Labute approximate surface area is 106 Å². The summed E-state index contributed by atoms with van der Waals surface area (Å²) in [5.41, 5.74) is 5.80. The number of nitrogens with two attached hydrogens (primary N) is 1. The lowest BCUT2D eigenvalue weighted by atomic mass is 10.2. The molecule has 1 atom stereocenters. The van der Waals surface area contributed by atoms with Gasteiger partial charge in [-0.2, -0.15) is 0 Å². The van der Waals surface area contributed by atoms with Crippen LogP contribution in [0, 0.1) is 0 Å². The normalized spacial score (nSPS) is 21.8. The quantitative estimate of drug-likeness (QED) is 0.625. The van der Waals surface area contributed by atoms with E-state index in [-0.39, 0.29) is 0 Å². The van der Waals surface area contributed by atoms with E-state index in [1.807, 2.05) is 12.3 Å². The Morgan fingerprint density at radius 3 is 2.82 bits per heavy atom. The summed E-state index contributed by atoms with van der Waals surface area (Å²) in [6.07, 6.45) is 1.96. The number of nitrogen functional groups attached to an aromatic ring is 1. The molecule has 1 aromatic rings. The largest absolute Gasteiger partial charge is 0.383 e. The average Bonchev–Trinajstić information content (AvgIpc) is 2.32. The van der Waals surface area contributed by atoms with E-state index in [1.54, 1.807) is 0 Å². The number of piperazine rings is 1. The van der Waals surface area contributed by atoms with E-state index >= 15 is 0 Å². The van der Waals surface area contributed by atoms with Crippen LogP contribution in [0.2, 0.25) is 0 Å². The van der Waals surface area contributed by atoms with Crippen molar-refractivity contribution in [1.29, 1.82) is 0 Å². The highest BCUT2D eigenvalue weighted by Crippen LogP contribution is 2.21. The summed E-state index contributed by atoms with van der Waals surface area (Å²) in [7, 11) is 2.16. The van der Waals surface area contributed by atoms with Gasteiger partial charge in [-0.05, 0) is 20.2 Å². The zero-order chi connectivity index (χ0) is 12.4. The van der Waals surface area contributed by atoms with Crippen molar-refractivity contribution in [3.8, 4) is 0 Å². The number of nitrogens with zero attached hydrogens (tertiary/aromatic N) is 4. The Balaban J connectivity index is 2.19. The van der Waals surface area contributed by atoms with Crippen LogP contribution >= 0.6 is 11.8 Å². The standard InChI is InChI=1S/C11H19N5S/c1-8-7-16(5-4-15(8)2)10-6-9(12)13-11(14-10)17-3/h6,8H,4-5,7H2,1-3H3,(H2,12,13,14). The van der Waals surface area contributed by atoms with Crippen molar-refractivity contribution in [1.82, 2.24) is 14.9 Å². The number of hydrogen-bond donors (Lipinski definition) is 1. The van der Waals surface area contributed by atoms with Gasteiger partial charge in [-0.3, -0.25) is 0 Å². The molecule has 0 bridgehead atoms. The molecule has 0 spiro atoms. The molecule has 0 saturated carbocycles. The zero-order valence-corrected chi connectivity index (χ0v) is 11.4. The first kappa shape index (κ1) is 12.4. The fourth-order valence-electron chi connectivity index (χ4n) is 1.94. The summed E-state index contributed by atoms with van der Waals surface area (Å²) < 4.78 is 0. The molecule has 1 aromatic heterocycles. The Kier molecular flexibility index (Phi) is 3.73. The topological polar surface area (TPSA) is 58.3 Å². The SMILES string of the molecule is CSc1nc(N)cc(N2CCN(C)C(C)C2)n1. The van der Waals surface area contributed by atoms with Gasteiger partial charge in [0.15, 0.2) is 5.16 Å². The molecule has 94 valence electrons. The lowest BCUT2D eigenvalue weighted by Crippen LogP contribution is -2.50. The number of aromatic nitrogens is 2. The van der Waals surface area contributed by atoms with E-state index in [0.717, 1.165) is 30.6 Å². The molecule has 2 rings (SSSR count). The summed E-state index contributed by atoms with van der Waals surface area (Å²) in [5.74, 6) is 1.49. The van der Waals surface area contributed by atoms with Crippen LogP contribution < -0.4 is 10.6 Å². The number of thioether (sulfide) groups is 1. The molecule has 0 aliphatic carbocycles. The first-order chi connectivity index (χ1) is 8.10. The third kappa shape index (κ3) is 2.81. The lowest BCUT2D eigenvalue weighted by molar-refractivity contribution is 0.233. The van der Waals surface area contributed by atoms with Crippen LogP contribution in [0.4, 0.5) is 11.6 Å². The van der Waals surface area contributed by atoms with Crippen LogP contribution in [0.5, 0.6) is 0 Å². The number of rotatable bonds is 2. The van der Waals surface area contributed by atoms with Gasteiger partial charge < -0.3 is 15.5 Å². The van der Waals surface area contributed by atoms with E-state index in [0.29, 0.717) is 11.9 Å². The Bertz CT molecular complexity index is 397. The second-order valence-electron chi connectivity index (χ2n) is 4.41. The fourth-order valence-corrected chi connectivity index (χ4v) is 2.32. The first-order valence-electron chi connectivity index (χ1n) is 5.74. The number of hydrogen-bond acceptors (Lipinski definition) is 6. The second kappa shape index (κ2) is 5.10. The van der Waals surface area contributed by atoms with Gasteiger partial charge in [-0.25, -0.2) is 9.97 Å². The lowest BCUT2D eigenvalue weighted by Gasteiger charge is -2.38. The summed E-state index contributed by atoms with van der Waals surface area (Å²) in [6, 6.07) is 2.40. The predicted octanol–water partition coefficient (Wildman–Crippen LogP) is 0.921. The molecule has 1 aliphatic heterocycles. The minimum Gasteiger partial charge on any atom is -0.383 e. The molecule has 1 unspecified atom stereocenters. The molecule has 0 radical (unpaired) electrons. The predicted molar refractivity (Wildman–Crippen MR) is 72.5 cm³/mol. The smallest absolute Gasteiger partial charge is 0.191 e. The van der Waals surface area contributed by atoms with E-state index in [2.05, 4.69) is 33.7 Å². The summed E-state index contributed by atoms with van der Waals surface area (Å²) >= 11 is 1.52. The first-order valence-corrected chi connectivity index (χ1v) is 6.96. The monoisotopic (exact) mass is 253 g/mol. The molecule has 6 heteroatoms. The van der Waals surface area contributed by atoms with Crippen molar-refractivity contribution in [2.24, 2.45) is 0 Å². The molecule has 17 heavy (non-hydrogen) atoms. The van der Waals surface area contributed by atoms with Gasteiger partial charge in [0.2, 0.25) is 0 Å². The highest BCUT2D eigenvalue weighted by Gasteiger charge is 2.22. The van der Waals surface area contributed by atoms with Crippen LogP contribution in [-0.2, 0) is 0 Å². The maximum atomic E-state index is 5.80. The van der Waals surface area contributed by atoms with Gasteiger partial charge in [-0.15, -0.1) is 0 Å². The van der Waals surface area contributed by atoms with Crippen LogP contribution in [0.1, 0.15) is 6.92 Å². The van der Waals surface area contributed by atoms with E-state index in [1.165, 1.54) is 11.8 Å². The highest BCUT2D eigenvalue weighted by atomic mass is 32.2. The maximum Gasteiger partial charge on any atom is 0.191 e. The van der Waals surface area contributed by atoms with Crippen LogP contribution in [-0.4, -0.2) is 53.8 Å². The van der Waals surface area contributed by atoms with Gasteiger partial charge in [-0.1, -0.05) is 11.8 Å². The van der Waals surface area contributed by atoms with E-state index < -0.39 is 0 Å². The molecular formula is C11H19N5S. The molecule has 2 N–H and O–H groups in total. The fraction of sp³-hybridized carbons (Fsp3) is 0.636. The van der Waals surface area contributed by atoms with E-state index in [9.17, 15) is 0 Å². The molecule has 0 amide bonds. The minimum absolute atomic E-state index is 0.540. The van der Waals surface area contributed by atoms with Gasteiger partial charge in [0, 0.05) is 31.7 Å². The minimum atomic E-state index is 0.540. The molecule has 2 heterocycles. The van der Waals surface area contributed by atoms with Crippen molar-refractivity contribution >= 4 is 23.4 Å². The molecular weight excluding hydrogens is 234 g/mol. The van der Waals surface area contributed by atoms with Gasteiger partial charge in [0.25, 0.3) is 0 Å². The molecule has 0 aromatic carbocycles. The third-order valence-corrected chi connectivity index (χ3v) is 3.73. The van der Waals surface area contributed by atoms with Crippen LogP contribution in [0.15, 0.2) is 11.2 Å². The average molecular weight is 253 g/mol. The second-order valence-corrected chi connectivity index (χ2v) is 5.19. The van der Waals surface area contributed by atoms with Crippen LogP contribution in [0.25, 0.3) is 0 Å². The summed E-state index contributed by atoms with van der Waals surface area (Å²) in [6.45, 7) is 5.26. The number of likely N-dealkylation sites (N-methyl/N-ethyl adjacent to an activating group) is 1. The van der Waals surface area contributed by atoms with Gasteiger partial charge in [0.05, 0.1) is 0 Å². The van der Waals surface area contributed by atoms with Crippen molar-refractivity contribution in [3.63, 3.8) is 0 Å². The highest BCUT2D eigenvalue weighted by molar-refractivity contribution is 7.98. The summed E-state index contributed by atoms with van der Waals surface area (Å²) in [5, 5.41) is 0.742. The maximum absolute atomic E-state index is 5.80. The Hall–Kier alpha value is -1.01. The third-order valence-electron chi connectivity index (χ3n) is 3.18. The Morgan fingerprint density at radius 1 is 1.41 bits per heavy atom. The summed E-state index contributed by atoms with van der Waals surface area (Å²) in [4.78, 5) is 13.3. The van der Waals surface area contributed by atoms with Crippen molar-refractivity contribution in [2.75, 3.05) is 43.6 Å². The molecule has 1 fully saturated rings. The van der Waals surface area contributed by atoms with Gasteiger partial charge >= 0.3 is 0 Å². The number of anilines is 2. The van der Waals surface area contributed by atoms with Crippen molar-refractivity contribution in [2.45, 2.75) is 18.1 Å². The van der Waals surface area contributed by atoms with E-state index in [4.69, 9.17) is 5.73 Å². The molecule has 5 nitrogen and oxygen atoms in total. The van der Waals surface area contributed by atoms with Gasteiger partial charge in [0.1, 0.15) is 11.6 Å². The van der Waals surface area contributed by atoms with Crippen LogP contribution in [0.3, 0.4) is 0 Å². The molecule has 1 aliphatic rings. The molecule has 1 saturated heterocycles. The van der Waals surface area contributed by atoms with Crippen molar-refractivity contribution in [3.05, 3.63) is 6.07 Å². The Morgan fingerprint density at radius 2 is 2.18 bits per heavy atom.